The van der Waals surface area contributed by atoms with Gasteiger partial charge in [-0.2, -0.15) is 0 Å². The molecule has 232 valence electrons. The van der Waals surface area contributed by atoms with Crippen molar-refractivity contribution in [3.8, 4) is 0 Å². The van der Waals surface area contributed by atoms with Crippen molar-refractivity contribution < 1.29 is 0 Å². The van der Waals surface area contributed by atoms with Crippen LogP contribution in [0, 0.1) is 0 Å². The van der Waals surface area contributed by atoms with Crippen LogP contribution >= 0.6 is 45.3 Å². The first kappa shape index (κ1) is 33.1. The molecule has 4 heteroatoms. The quantitative estimate of drug-likeness (QED) is 0.156. The number of fused-ring (bicyclic) bond motifs is 8. The third-order valence-corrected chi connectivity index (χ3v) is 13.9. The summed E-state index contributed by atoms with van der Waals surface area (Å²) in [6, 6.07) is 0. The third-order valence-electron chi connectivity index (χ3n) is 9.09. The lowest BCUT2D eigenvalue weighted by atomic mass is 10.0. The highest BCUT2D eigenvalue weighted by atomic mass is 32.1. The minimum Gasteiger partial charge on any atom is -0.136 e. The first-order valence-corrected chi connectivity index (χ1v) is 20.0. The van der Waals surface area contributed by atoms with Crippen LogP contribution in [0.4, 0.5) is 0 Å². The molecule has 0 unspecified atom stereocenters. The van der Waals surface area contributed by atoms with Crippen molar-refractivity contribution in [3.05, 3.63) is 83.5 Å². The third kappa shape index (κ3) is 6.25. The second kappa shape index (κ2) is 14.9. The summed E-state index contributed by atoms with van der Waals surface area (Å²) in [5.74, 6) is 0. The van der Waals surface area contributed by atoms with Crippen LogP contribution in [0.3, 0.4) is 0 Å². The molecule has 0 spiro atoms. The minimum atomic E-state index is 1.07. The molecule has 1 aliphatic heterocycles. The fraction of sp³-hybridized carbons (Fsp3) is 0.400. The van der Waals surface area contributed by atoms with Gasteiger partial charge in [-0.25, -0.2) is 0 Å². The van der Waals surface area contributed by atoms with Gasteiger partial charge in [0, 0.05) is 39.0 Å². The Kier molecular flexibility index (Phi) is 11.2. The Labute approximate surface area is 282 Å². The van der Waals surface area contributed by atoms with E-state index in [0.29, 0.717) is 0 Å². The summed E-state index contributed by atoms with van der Waals surface area (Å²) >= 11 is 7.90. The van der Waals surface area contributed by atoms with Crippen LogP contribution < -0.4 is 0 Å². The predicted molar refractivity (Wildman–Crippen MR) is 208 cm³/mol. The maximum Gasteiger partial charge on any atom is 0.0311 e. The Balaban J connectivity index is 1.77. The van der Waals surface area contributed by atoms with E-state index in [9.17, 15) is 0 Å². The Hall–Kier alpha value is -2.24. The molecule has 1 aliphatic rings. The lowest BCUT2D eigenvalue weighted by Gasteiger charge is -2.03. The molecule has 5 rings (SSSR count). The van der Waals surface area contributed by atoms with E-state index in [4.69, 9.17) is 0 Å². The van der Waals surface area contributed by atoms with Gasteiger partial charge in [0.05, 0.1) is 0 Å². The van der Waals surface area contributed by atoms with Crippen LogP contribution in [-0.2, 0) is 51.4 Å². The van der Waals surface area contributed by atoms with E-state index in [2.05, 4.69) is 104 Å². The second-order valence-corrected chi connectivity index (χ2v) is 15.6. The average Bonchev–Trinajstić information content (AvgIpc) is 3.77. The van der Waals surface area contributed by atoms with Gasteiger partial charge in [0.25, 0.3) is 0 Å². The Morgan fingerprint density at radius 1 is 0.250 bits per heavy atom. The zero-order valence-electron chi connectivity index (χ0n) is 27.9. The SMILES string of the molecule is CCc1c2sc(c1CC)/C=C\c1sc(c(CC)c1CC)/C=C\c1sc(c(CC)c1CC)/C=C\c1sc(c(CC)c1CC)/C=C\2. The van der Waals surface area contributed by atoms with Gasteiger partial charge in [-0.1, -0.05) is 55.4 Å². The van der Waals surface area contributed by atoms with Gasteiger partial charge in [0.1, 0.15) is 0 Å². The van der Waals surface area contributed by atoms with Crippen LogP contribution in [0.15, 0.2) is 0 Å². The Morgan fingerprint density at radius 3 is 0.455 bits per heavy atom. The molecule has 0 fully saturated rings. The fourth-order valence-electron chi connectivity index (χ4n) is 6.94. The van der Waals surface area contributed by atoms with Crippen molar-refractivity contribution >= 4 is 94.0 Å². The van der Waals surface area contributed by atoms with Crippen LogP contribution in [-0.4, -0.2) is 0 Å². The molecule has 0 aliphatic carbocycles. The van der Waals surface area contributed by atoms with E-state index in [1.807, 2.05) is 45.3 Å². The lowest BCUT2D eigenvalue weighted by Crippen LogP contribution is -1.90. The molecule has 0 amide bonds. The maximum absolute atomic E-state index is 2.42. The number of hydrogen-bond donors (Lipinski definition) is 0. The molecule has 44 heavy (non-hydrogen) atoms. The monoisotopic (exact) mass is 656 g/mol. The molecule has 0 saturated carbocycles. The van der Waals surface area contributed by atoms with Crippen molar-refractivity contribution in [2.45, 2.75) is 107 Å². The number of rotatable bonds is 8. The Bertz CT molecular complexity index is 1360. The van der Waals surface area contributed by atoms with Crippen molar-refractivity contribution in [1.82, 2.24) is 0 Å². The number of hydrogen-bond acceptors (Lipinski definition) is 4. The van der Waals surface area contributed by atoms with Crippen molar-refractivity contribution in [3.63, 3.8) is 0 Å². The zero-order valence-corrected chi connectivity index (χ0v) is 31.2. The summed E-state index contributed by atoms with van der Waals surface area (Å²) in [6.07, 6.45) is 28.0. The molecule has 5 heterocycles. The van der Waals surface area contributed by atoms with E-state index in [1.54, 1.807) is 0 Å². The van der Waals surface area contributed by atoms with Gasteiger partial charge in [0.2, 0.25) is 0 Å². The summed E-state index contributed by atoms with van der Waals surface area (Å²) in [4.78, 5) is 11.4. The van der Waals surface area contributed by atoms with E-state index in [1.165, 1.54) is 83.5 Å². The minimum absolute atomic E-state index is 1.07. The highest BCUT2D eigenvalue weighted by Crippen LogP contribution is 2.40. The highest BCUT2D eigenvalue weighted by Gasteiger charge is 2.18. The largest absolute Gasteiger partial charge is 0.136 e. The maximum atomic E-state index is 2.42. The van der Waals surface area contributed by atoms with Crippen molar-refractivity contribution in [2.24, 2.45) is 0 Å². The van der Waals surface area contributed by atoms with Gasteiger partial charge in [-0.05, 0) is 144 Å². The van der Waals surface area contributed by atoms with Crippen molar-refractivity contribution in [2.75, 3.05) is 0 Å². The highest BCUT2D eigenvalue weighted by molar-refractivity contribution is 7.16. The molecule has 0 aromatic carbocycles. The lowest BCUT2D eigenvalue weighted by molar-refractivity contribution is 1.05. The van der Waals surface area contributed by atoms with Crippen molar-refractivity contribution in [1.29, 1.82) is 0 Å². The fourth-order valence-corrected chi connectivity index (χ4v) is 12.1. The zero-order chi connectivity index (χ0) is 31.4. The summed E-state index contributed by atoms with van der Waals surface area (Å²) in [6.45, 7) is 18.5. The number of thiophene rings is 4. The van der Waals surface area contributed by atoms with Crippen LogP contribution in [0.5, 0.6) is 0 Å². The standard InChI is InChI=1S/C40H48S4/c1-9-25-26(10-2)34-19-20-36-29(13-5)30(14-6)38(43-36)23-24-40-32(16-8)31(15-7)39(44-40)22-21-37-28(12-4)27(11-3)35(42-37)18-17-33(25)41-34/h17-24H,9-16H2,1-8H3/b18-17-,20-19-,22-21-,24-23-,33-17?,34-19?,35-18?,36-20?,37-21?,38-23?,39-22?,40-24?. The predicted octanol–water partition coefficient (Wildman–Crippen LogP) is 13.4. The van der Waals surface area contributed by atoms with E-state index in [0.717, 1.165) is 51.4 Å². The molecule has 4 aromatic rings. The molecular weight excluding hydrogens is 609 g/mol. The second-order valence-electron chi connectivity index (χ2n) is 11.3. The average molecular weight is 657 g/mol. The van der Waals surface area contributed by atoms with Gasteiger partial charge >= 0.3 is 0 Å². The first-order chi connectivity index (χ1) is 21.5. The van der Waals surface area contributed by atoms with Gasteiger partial charge in [-0.3, -0.25) is 0 Å². The van der Waals surface area contributed by atoms with Crippen LogP contribution in [0.25, 0.3) is 48.6 Å². The molecule has 0 nitrogen and oxygen atoms in total. The topological polar surface area (TPSA) is 0 Å². The van der Waals surface area contributed by atoms with Crippen LogP contribution in [0.2, 0.25) is 0 Å². The summed E-state index contributed by atoms with van der Waals surface area (Å²) < 4.78 is 0. The normalized spacial score (nSPS) is 15.8. The molecule has 4 aromatic heterocycles. The molecule has 0 atom stereocenters. The van der Waals surface area contributed by atoms with Gasteiger partial charge in [0.15, 0.2) is 0 Å². The summed E-state index contributed by atoms with van der Waals surface area (Å²) in [5.41, 5.74) is 12.2. The summed E-state index contributed by atoms with van der Waals surface area (Å²) in [5, 5.41) is 0. The molecule has 0 radical (unpaired) electrons. The van der Waals surface area contributed by atoms with E-state index < -0.39 is 0 Å². The van der Waals surface area contributed by atoms with Crippen LogP contribution in [0.1, 0.15) is 139 Å². The molecular formula is C40H48S4. The van der Waals surface area contributed by atoms with Gasteiger partial charge in [-0.15, -0.1) is 45.3 Å². The van der Waals surface area contributed by atoms with E-state index in [-0.39, 0.29) is 0 Å². The van der Waals surface area contributed by atoms with Gasteiger partial charge < -0.3 is 0 Å². The van der Waals surface area contributed by atoms with E-state index >= 15 is 0 Å². The molecule has 0 saturated heterocycles. The Morgan fingerprint density at radius 2 is 0.364 bits per heavy atom. The first-order valence-electron chi connectivity index (χ1n) is 16.8. The molecule has 0 N–H and O–H groups in total. The smallest absolute Gasteiger partial charge is 0.0311 e. The summed E-state index contributed by atoms with van der Waals surface area (Å²) in [7, 11) is 0. The molecule has 8 bridgehead atoms.